The maximum atomic E-state index is 14.1. The number of fused-ring (bicyclic) bond motifs is 1. The van der Waals surface area contributed by atoms with E-state index in [1.54, 1.807) is 29.5 Å². The number of benzene rings is 2. The van der Waals surface area contributed by atoms with Gasteiger partial charge in [0.1, 0.15) is 17.4 Å². The summed E-state index contributed by atoms with van der Waals surface area (Å²) in [4.78, 5) is 11.9. The van der Waals surface area contributed by atoms with Crippen molar-refractivity contribution in [1.82, 2.24) is 14.9 Å². The summed E-state index contributed by atoms with van der Waals surface area (Å²) >= 11 is 1.75. The first-order chi connectivity index (χ1) is 17.1. The summed E-state index contributed by atoms with van der Waals surface area (Å²) in [7, 11) is 0. The third-order valence-corrected chi connectivity index (χ3v) is 7.40. The van der Waals surface area contributed by atoms with Gasteiger partial charge in [-0.25, -0.2) is 14.4 Å². The third kappa shape index (κ3) is 5.49. The molecule has 5 rings (SSSR count). The molecule has 0 saturated carbocycles. The van der Waals surface area contributed by atoms with Gasteiger partial charge in [-0.1, -0.05) is 18.2 Å². The monoisotopic (exact) mass is 487 g/mol. The largest absolute Gasteiger partial charge is 0.473 e. The molecule has 2 aromatic carbocycles. The van der Waals surface area contributed by atoms with E-state index in [0.29, 0.717) is 29.5 Å². The summed E-state index contributed by atoms with van der Waals surface area (Å²) in [5, 5.41) is 10.0. The van der Waals surface area contributed by atoms with Crippen LogP contribution in [0.2, 0.25) is 0 Å². The zero-order valence-electron chi connectivity index (χ0n) is 19.3. The van der Waals surface area contributed by atoms with Crippen LogP contribution in [-0.2, 0) is 19.7 Å². The number of likely N-dealkylation sites (tertiary alicyclic amines) is 1. The third-order valence-electron chi connectivity index (χ3n) is 6.40. The number of rotatable bonds is 7. The second-order valence-electron chi connectivity index (χ2n) is 8.77. The van der Waals surface area contributed by atoms with Crippen LogP contribution in [0.15, 0.2) is 54.6 Å². The number of hydrogen-bond donors (Lipinski definition) is 1. The van der Waals surface area contributed by atoms with Gasteiger partial charge in [0.2, 0.25) is 5.88 Å². The Morgan fingerprint density at radius 3 is 2.74 bits per heavy atom. The Balaban J connectivity index is 1.17. The Morgan fingerprint density at radius 2 is 1.97 bits per heavy atom. The lowest BCUT2D eigenvalue weighted by molar-refractivity contribution is 0.202. The smallest absolute Gasteiger partial charge is 0.213 e. The Labute approximate surface area is 207 Å². The lowest BCUT2D eigenvalue weighted by atomic mass is 9.93. The number of nitrogens with zero attached hydrogens (tertiary/aromatic N) is 4. The average molecular weight is 488 g/mol. The van der Waals surface area contributed by atoms with Crippen LogP contribution in [0.4, 0.5) is 4.39 Å². The number of halogens is 1. The van der Waals surface area contributed by atoms with Gasteiger partial charge in [0, 0.05) is 29.8 Å². The van der Waals surface area contributed by atoms with Crippen LogP contribution in [0.3, 0.4) is 0 Å². The second kappa shape index (κ2) is 10.5. The van der Waals surface area contributed by atoms with Gasteiger partial charge in [-0.3, -0.25) is 4.90 Å². The minimum atomic E-state index is -0.444. The predicted molar refractivity (Wildman–Crippen MR) is 134 cm³/mol. The van der Waals surface area contributed by atoms with Gasteiger partial charge in [0.05, 0.1) is 28.4 Å². The predicted octanol–water partition coefficient (Wildman–Crippen LogP) is 5.12. The van der Waals surface area contributed by atoms with E-state index in [2.05, 4.69) is 17.0 Å². The first kappa shape index (κ1) is 23.4. The molecule has 1 aliphatic heterocycles. The van der Waals surface area contributed by atoms with E-state index in [-0.39, 0.29) is 6.61 Å². The van der Waals surface area contributed by atoms with E-state index >= 15 is 0 Å². The Hall–Kier alpha value is -3.38. The van der Waals surface area contributed by atoms with Gasteiger partial charge in [-0.05, 0) is 61.8 Å². The summed E-state index contributed by atoms with van der Waals surface area (Å²) in [6.07, 6.45) is 2.03. The molecule has 8 heteroatoms. The van der Waals surface area contributed by atoms with Crippen LogP contribution in [-0.4, -0.2) is 28.0 Å². The first-order valence-electron chi connectivity index (χ1n) is 11.7. The highest BCUT2D eigenvalue weighted by atomic mass is 32.1. The summed E-state index contributed by atoms with van der Waals surface area (Å²) in [5.74, 6) is 0.407. The normalized spacial score (nSPS) is 14.8. The molecule has 4 aromatic rings. The number of pyridine rings is 1. The molecular weight excluding hydrogens is 461 g/mol. The Morgan fingerprint density at radius 1 is 1.11 bits per heavy atom. The van der Waals surface area contributed by atoms with Crippen molar-refractivity contribution in [2.24, 2.45) is 5.73 Å². The summed E-state index contributed by atoms with van der Waals surface area (Å²) in [6.45, 7) is 3.44. The van der Waals surface area contributed by atoms with Gasteiger partial charge < -0.3 is 10.5 Å². The van der Waals surface area contributed by atoms with Crippen LogP contribution >= 0.6 is 11.3 Å². The van der Waals surface area contributed by atoms with Crippen LogP contribution < -0.4 is 10.5 Å². The minimum Gasteiger partial charge on any atom is -0.473 e. The molecular formula is C27H26FN5OS. The highest BCUT2D eigenvalue weighted by Crippen LogP contribution is 2.30. The Bertz CT molecular complexity index is 1370. The maximum Gasteiger partial charge on any atom is 0.213 e. The van der Waals surface area contributed by atoms with E-state index in [4.69, 9.17) is 25.7 Å². The SMILES string of the molecule is N#Cc1ccc(COc2cccc(C3CCN(Cc4nc5ccc(CN)cc5s4)CC3)n2)c(F)c1. The van der Waals surface area contributed by atoms with Crippen molar-refractivity contribution in [2.45, 2.75) is 38.5 Å². The fourth-order valence-electron chi connectivity index (χ4n) is 4.41. The molecule has 178 valence electrons. The zero-order valence-corrected chi connectivity index (χ0v) is 20.1. The van der Waals surface area contributed by atoms with Crippen molar-refractivity contribution in [3.05, 3.63) is 87.8 Å². The molecule has 1 saturated heterocycles. The molecule has 6 nitrogen and oxygen atoms in total. The number of thiazole rings is 1. The fraction of sp³-hybridized carbons (Fsp3) is 0.296. The molecule has 0 bridgehead atoms. The Kier molecular flexibility index (Phi) is 7.00. The van der Waals surface area contributed by atoms with Crippen LogP contribution in [0.1, 0.15) is 46.2 Å². The summed E-state index contributed by atoms with van der Waals surface area (Å²) < 4.78 is 21.1. The molecule has 0 radical (unpaired) electrons. The fourth-order valence-corrected chi connectivity index (χ4v) is 5.49. The van der Waals surface area contributed by atoms with Crippen LogP contribution in [0.25, 0.3) is 10.2 Å². The van der Waals surface area contributed by atoms with Gasteiger partial charge >= 0.3 is 0 Å². The number of ether oxygens (including phenoxy) is 1. The van der Waals surface area contributed by atoms with Crippen molar-refractivity contribution in [2.75, 3.05) is 13.1 Å². The number of nitriles is 1. The van der Waals surface area contributed by atoms with Crippen LogP contribution in [0.5, 0.6) is 5.88 Å². The molecule has 1 aliphatic rings. The maximum absolute atomic E-state index is 14.1. The molecule has 0 aliphatic carbocycles. The number of hydrogen-bond acceptors (Lipinski definition) is 7. The molecule has 2 N–H and O–H groups in total. The lowest BCUT2D eigenvalue weighted by Crippen LogP contribution is -2.32. The zero-order chi connectivity index (χ0) is 24.2. The van der Waals surface area contributed by atoms with Crippen LogP contribution in [0, 0.1) is 17.1 Å². The topological polar surface area (TPSA) is 88.1 Å². The van der Waals surface area contributed by atoms with Crippen molar-refractivity contribution >= 4 is 21.6 Å². The van der Waals surface area contributed by atoms with E-state index in [1.165, 1.54) is 10.8 Å². The van der Waals surface area contributed by atoms with Crippen molar-refractivity contribution in [3.63, 3.8) is 0 Å². The second-order valence-corrected chi connectivity index (χ2v) is 9.89. The molecule has 35 heavy (non-hydrogen) atoms. The highest BCUT2D eigenvalue weighted by molar-refractivity contribution is 7.18. The highest BCUT2D eigenvalue weighted by Gasteiger charge is 2.23. The number of aromatic nitrogens is 2. The molecule has 1 fully saturated rings. The van der Waals surface area contributed by atoms with E-state index in [1.807, 2.05) is 24.3 Å². The van der Waals surface area contributed by atoms with Gasteiger partial charge in [-0.15, -0.1) is 11.3 Å². The quantitative estimate of drug-likeness (QED) is 0.389. The first-order valence-corrected chi connectivity index (χ1v) is 12.5. The molecule has 2 aromatic heterocycles. The number of piperidine rings is 1. The average Bonchev–Trinajstić information content (AvgIpc) is 3.30. The number of nitrogens with two attached hydrogens (primary N) is 1. The van der Waals surface area contributed by atoms with Crippen molar-refractivity contribution < 1.29 is 9.13 Å². The summed E-state index contributed by atoms with van der Waals surface area (Å²) in [6, 6.07) is 18.3. The van der Waals surface area contributed by atoms with E-state index < -0.39 is 5.82 Å². The van der Waals surface area contributed by atoms with E-state index in [9.17, 15) is 4.39 Å². The molecule has 0 unspecified atom stereocenters. The lowest BCUT2D eigenvalue weighted by Gasteiger charge is -2.31. The van der Waals surface area contributed by atoms with Crippen molar-refractivity contribution in [1.29, 1.82) is 5.26 Å². The molecule has 0 atom stereocenters. The van der Waals surface area contributed by atoms with Gasteiger partial charge in [0.15, 0.2) is 0 Å². The molecule has 3 heterocycles. The molecule has 0 spiro atoms. The van der Waals surface area contributed by atoms with Gasteiger partial charge in [-0.2, -0.15) is 5.26 Å². The van der Waals surface area contributed by atoms with E-state index in [0.717, 1.165) is 54.3 Å². The molecule has 0 amide bonds. The minimum absolute atomic E-state index is 0.0708. The van der Waals surface area contributed by atoms with Crippen molar-refractivity contribution in [3.8, 4) is 11.9 Å². The standard InChI is InChI=1S/C27H26FN5OS/c28-22-12-18(14-29)4-6-21(22)17-34-26-3-1-2-23(31-26)20-8-10-33(11-9-20)16-27-32-24-7-5-19(15-30)13-25(24)35-27/h1-7,12-13,20H,8-11,15-17,30H2. The van der Waals surface area contributed by atoms with Gasteiger partial charge in [0.25, 0.3) is 0 Å². The summed E-state index contributed by atoms with van der Waals surface area (Å²) in [5.41, 5.74) is 9.64.